The molecule has 15 heavy (non-hydrogen) atoms. The van der Waals surface area contributed by atoms with Gasteiger partial charge in [-0.2, -0.15) is 0 Å². The monoisotopic (exact) mass is 235 g/mol. The van der Waals surface area contributed by atoms with Gasteiger partial charge < -0.3 is 4.90 Å². The third kappa shape index (κ3) is 3.27. The van der Waals surface area contributed by atoms with Gasteiger partial charge in [-0.1, -0.05) is 0 Å². The SMILES string of the molecule is Cc1nc(N(C)CC(F)F)ncc1CCl. The van der Waals surface area contributed by atoms with Crippen LogP contribution in [0.4, 0.5) is 14.7 Å². The minimum Gasteiger partial charge on any atom is -0.338 e. The van der Waals surface area contributed by atoms with E-state index in [9.17, 15) is 8.78 Å². The summed E-state index contributed by atoms with van der Waals surface area (Å²) in [6.07, 6.45) is -0.835. The maximum Gasteiger partial charge on any atom is 0.255 e. The van der Waals surface area contributed by atoms with Gasteiger partial charge in [-0.3, -0.25) is 0 Å². The number of halogens is 3. The number of aryl methyl sites for hydroxylation is 1. The summed E-state index contributed by atoms with van der Waals surface area (Å²) in [7, 11) is 1.53. The Bertz CT molecular complexity index is 333. The zero-order chi connectivity index (χ0) is 11.4. The second-order valence-electron chi connectivity index (χ2n) is 3.19. The first kappa shape index (κ1) is 12.1. The molecule has 0 radical (unpaired) electrons. The fourth-order valence-corrected chi connectivity index (χ4v) is 1.35. The molecule has 6 heteroatoms. The minimum atomic E-state index is -2.40. The van der Waals surface area contributed by atoms with Crippen LogP contribution >= 0.6 is 11.6 Å². The zero-order valence-electron chi connectivity index (χ0n) is 8.54. The van der Waals surface area contributed by atoms with Gasteiger partial charge in [-0.05, 0) is 6.92 Å². The molecule has 1 heterocycles. The van der Waals surface area contributed by atoms with E-state index in [1.165, 1.54) is 11.9 Å². The van der Waals surface area contributed by atoms with Crippen LogP contribution in [0.1, 0.15) is 11.3 Å². The van der Waals surface area contributed by atoms with Crippen LogP contribution in [0.25, 0.3) is 0 Å². The van der Waals surface area contributed by atoms with Gasteiger partial charge in [-0.15, -0.1) is 11.6 Å². The van der Waals surface area contributed by atoms with Crippen molar-refractivity contribution in [3.63, 3.8) is 0 Å². The quantitative estimate of drug-likeness (QED) is 0.750. The van der Waals surface area contributed by atoms with E-state index in [-0.39, 0.29) is 6.54 Å². The molecular weight excluding hydrogens is 224 g/mol. The number of aromatic nitrogens is 2. The Balaban J connectivity index is 2.82. The van der Waals surface area contributed by atoms with Gasteiger partial charge in [0.15, 0.2) is 0 Å². The second-order valence-corrected chi connectivity index (χ2v) is 3.45. The molecule has 3 nitrogen and oxygen atoms in total. The van der Waals surface area contributed by atoms with Gasteiger partial charge >= 0.3 is 0 Å². The maximum atomic E-state index is 12.1. The Labute approximate surface area is 92.1 Å². The third-order valence-corrected chi connectivity index (χ3v) is 2.25. The molecule has 0 aliphatic rings. The van der Waals surface area contributed by atoms with Crippen molar-refractivity contribution in [1.82, 2.24) is 9.97 Å². The molecule has 0 aliphatic carbocycles. The van der Waals surface area contributed by atoms with Crippen LogP contribution in [-0.4, -0.2) is 30.0 Å². The van der Waals surface area contributed by atoms with Crippen molar-refractivity contribution in [1.29, 1.82) is 0 Å². The number of alkyl halides is 3. The Kier molecular flexibility index (Phi) is 4.20. The maximum absolute atomic E-state index is 12.1. The number of hydrogen-bond acceptors (Lipinski definition) is 3. The lowest BCUT2D eigenvalue weighted by atomic mass is 10.3. The van der Waals surface area contributed by atoms with Gasteiger partial charge in [0, 0.05) is 24.5 Å². The fraction of sp³-hybridized carbons (Fsp3) is 0.556. The van der Waals surface area contributed by atoms with E-state index in [4.69, 9.17) is 11.6 Å². The Morgan fingerprint density at radius 3 is 2.67 bits per heavy atom. The molecule has 1 aromatic rings. The highest BCUT2D eigenvalue weighted by Gasteiger charge is 2.11. The third-order valence-electron chi connectivity index (χ3n) is 1.97. The van der Waals surface area contributed by atoms with Crippen LogP contribution in [0, 0.1) is 6.92 Å². The van der Waals surface area contributed by atoms with Crippen molar-refractivity contribution in [2.75, 3.05) is 18.5 Å². The lowest BCUT2D eigenvalue weighted by Crippen LogP contribution is -2.26. The van der Waals surface area contributed by atoms with E-state index in [0.717, 1.165) is 11.3 Å². The zero-order valence-corrected chi connectivity index (χ0v) is 9.30. The molecule has 0 unspecified atom stereocenters. The molecule has 84 valence electrons. The van der Waals surface area contributed by atoms with Crippen molar-refractivity contribution >= 4 is 17.5 Å². The topological polar surface area (TPSA) is 29.0 Å². The predicted octanol–water partition coefficient (Wildman–Crippen LogP) is 2.23. The summed E-state index contributed by atoms with van der Waals surface area (Å²) in [4.78, 5) is 9.37. The molecule has 1 rings (SSSR count). The summed E-state index contributed by atoms with van der Waals surface area (Å²) >= 11 is 5.63. The van der Waals surface area contributed by atoms with Crippen LogP contribution in [-0.2, 0) is 5.88 Å². The smallest absolute Gasteiger partial charge is 0.255 e. The van der Waals surface area contributed by atoms with Crippen molar-refractivity contribution in [3.8, 4) is 0 Å². The molecule has 0 saturated carbocycles. The van der Waals surface area contributed by atoms with Crippen LogP contribution < -0.4 is 4.90 Å². The molecule has 1 aromatic heterocycles. The van der Waals surface area contributed by atoms with Crippen molar-refractivity contribution in [2.45, 2.75) is 19.2 Å². The number of nitrogens with zero attached hydrogens (tertiary/aromatic N) is 3. The van der Waals surface area contributed by atoms with Crippen LogP contribution in [0.3, 0.4) is 0 Å². The molecule has 0 amide bonds. The number of anilines is 1. The van der Waals surface area contributed by atoms with Gasteiger partial charge in [0.05, 0.1) is 12.4 Å². The number of rotatable bonds is 4. The molecule has 0 N–H and O–H groups in total. The molecule has 0 saturated heterocycles. The lowest BCUT2D eigenvalue weighted by Gasteiger charge is -2.16. The summed E-state index contributed by atoms with van der Waals surface area (Å²) in [5.41, 5.74) is 1.53. The summed E-state index contributed by atoms with van der Waals surface area (Å²) < 4.78 is 24.2. The van der Waals surface area contributed by atoms with Crippen molar-refractivity contribution in [2.24, 2.45) is 0 Å². The van der Waals surface area contributed by atoms with E-state index in [2.05, 4.69) is 9.97 Å². The fourth-order valence-electron chi connectivity index (χ4n) is 1.08. The normalized spacial score (nSPS) is 10.8. The minimum absolute atomic E-state index is 0.293. The van der Waals surface area contributed by atoms with Gasteiger partial charge in [0.2, 0.25) is 5.95 Å². The molecule has 0 fully saturated rings. The predicted molar refractivity (Wildman–Crippen MR) is 55.6 cm³/mol. The highest BCUT2D eigenvalue weighted by atomic mass is 35.5. The largest absolute Gasteiger partial charge is 0.338 e. The highest BCUT2D eigenvalue weighted by molar-refractivity contribution is 6.17. The van der Waals surface area contributed by atoms with Gasteiger partial charge in [0.25, 0.3) is 6.43 Å². The summed E-state index contributed by atoms with van der Waals surface area (Å²) in [6.45, 7) is 1.40. The van der Waals surface area contributed by atoms with Crippen LogP contribution in [0.5, 0.6) is 0 Å². The van der Waals surface area contributed by atoms with E-state index in [0.29, 0.717) is 11.8 Å². The summed E-state index contributed by atoms with van der Waals surface area (Å²) in [5, 5.41) is 0. The lowest BCUT2D eigenvalue weighted by molar-refractivity contribution is 0.156. The van der Waals surface area contributed by atoms with E-state index in [1.54, 1.807) is 13.1 Å². The van der Waals surface area contributed by atoms with Crippen LogP contribution in [0.2, 0.25) is 0 Å². The van der Waals surface area contributed by atoms with E-state index < -0.39 is 6.43 Å². The first-order valence-corrected chi connectivity index (χ1v) is 4.95. The van der Waals surface area contributed by atoms with Crippen molar-refractivity contribution in [3.05, 3.63) is 17.5 Å². The standard InChI is InChI=1S/C9H12ClF2N3/c1-6-7(3-10)4-13-9(14-6)15(2)5-8(11)12/h4,8H,3,5H2,1-2H3. The molecular formula is C9H12ClF2N3. The average Bonchev–Trinajstić information content (AvgIpc) is 2.16. The molecule has 0 bridgehead atoms. The van der Waals surface area contributed by atoms with E-state index >= 15 is 0 Å². The first-order chi connectivity index (χ1) is 7.04. The first-order valence-electron chi connectivity index (χ1n) is 4.42. The summed E-state index contributed by atoms with van der Waals surface area (Å²) in [6, 6.07) is 0. The van der Waals surface area contributed by atoms with Gasteiger partial charge in [-0.25, -0.2) is 18.7 Å². The van der Waals surface area contributed by atoms with Gasteiger partial charge in [0.1, 0.15) is 0 Å². The molecule has 0 atom stereocenters. The highest BCUT2D eigenvalue weighted by Crippen LogP contribution is 2.12. The molecule has 0 spiro atoms. The number of hydrogen-bond donors (Lipinski definition) is 0. The summed E-state index contributed by atoms with van der Waals surface area (Å²) in [5.74, 6) is 0.617. The average molecular weight is 236 g/mol. The Morgan fingerprint density at radius 2 is 2.20 bits per heavy atom. The molecule has 0 aromatic carbocycles. The van der Waals surface area contributed by atoms with Crippen LogP contribution in [0.15, 0.2) is 6.20 Å². The second kappa shape index (κ2) is 5.21. The van der Waals surface area contributed by atoms with E-state index in [1.807, 2.05) is 0 Å². The molecule has 0 aliphatic heterocycles. The van der Waals surface area contributed by atoms with Crippen molar-refractivity contribution < 1.29 is 8.78 Å². The Hall–Kier alpha value is -0.970. The Morgan fingerprint density at radius 1 is 1.53 bits per heavy atom.